The molecular formula is C35H38F3N3O4. The van der Waals surface area contributed by atoms with Gasteiger partial charge in [-0.2, -0.15) is 13.2 Å². The van der Waals surface area contributed by atoms with Crippen molar-refractivity contribution in [3.8, 4) is 16.9 Å². The molecule has 0 saturated heterocycles. The average Bonchev–Trinajstić information content (AvgIpc) is 2.94. The fourth-order valence-corrected chi connectivity index (χ4v) is 5.11. The fraction of sp³-hybridized carbons (Fsp3) is 0.343. The van der Waals surface area contributed by atoms with Crippen LogP contribution < -0.4 is 9.64 Å². The summed E-state index contributed by atoms with van der Waals surface area (Å²) in [5.74, 6) is -0.269. The molecule has 0 aliphatic rings. The summed E-state index contributed by atoms with van der Waals surface area (Å²) in [5, 5.41) is 19.5. The summed E-state index contributed by atoms with van der Waals surface area (Å²) in [7, 11) is 0. The number of aromatic nitrogens is 2. The first-order chi connectivity index (χ1) is 21.1. The lowest BCUT2D eigenvalue weighted by Gasteiger charge is -2.26. The Kier molecular flexibility index (Phi) is 10.2. The standard InChI is InChI=1S/C35H38F3N3O4/c1-22-8-11-30(31-17-27(34(4,5)44)10-9-24(31)3)26(14-22)21-41(20-25-13-23(2)15-28(16-25)35(36,37)38)33-39-18-29(19-40-33)45-12-6-7-32(42)43/h8-11,13-19,44H,6-7,12,20-21H2,1-5H3,(H,42,43). The van der Waals surface area contributed by atoms with Crippen LogP contribution in [0.2, 0.25) is 0 Å². The number of nitrogens with zero attached hydrogens (tertiary/aromatic N) is 3. The summed E-state index contributed by atoms with van der Waals surface area (Å²) in [4.78, 5) is 21.6. The highest BCUT2D eigenvalue weighted by atomic mass is 19.4. The number of benzene rings is 3. The zero-order valence-corrected chi connectivity index (χ0v) is 26.1. The second kappa shape index (κ2) is 13.7. The molecule has 0 fully saturated rings. The van der Waals surface area contributed by atoms with Crippen LogP contribution in [0.5, 0.6) is 5.75 Å². The molecule has 0 spiro atoms. The Morgan fingerprint density at radius 3 is 2.22 bits per heavy atom. The van der Waals surface area contributed by atoms with Gasteiger partial charge >= 0.3 is 12.1 Å². The van der Waals surface area contributed by atoms with Crippen molar-refractivity contribution in [2.45, 2.75) is 72.3 Å². The monoisotopic (exact) mass is 621 g/mol. The Morgan fingerprint density at radius 2 is 1.58 bits per heavy atom. The van der Waals surface area contributed by atoms with Crippen LogP contribution >= 0.6 is 0 Å². The van der Waals surface area contributed by atoms with Crippen molar-refractivity contribution in [2.24, 2.45) is 0 Å². The van der Waals surface area contributed by atoms with Crippen molar-refractivity contribution in [1.29, 1.82) is 0 Å². The molecular weight excluding hydrogens is 583 g/mol. The van der Waals surface area contributed by atoms with Crippen LogP contribution in [0.15, 0.2) is 67.0 Å². The van der Waals surface area contributed by atoms with E-state index in [0.717, 1.165) is 45.5 Å². The van der Waals surface area contributed by atoms with Gasteiger partial charge in [-0.1, -0.05) is 47.5 Å². The number of carboxylic acids is 1. The summed E-state index contributed by atoms with van der Waals surface area (Å²) in [6, 6.07) is 15.9. The lowest BCUT2D eigenvalue weighted by Crippen LogP contribution is -2.25. The smallest absolute Gasteiger partial charge is 0.416 e. The number of hydrogen-bond acceptors (Lipinski definition) is 6. The van der Waals surface area contributed by atoms with Gasteiger partial charge in [0.1, 0.15) is 0 Å². The van der Waals surface area contributed by atoms with Gasteiger partial charge in [0.05, 0.1) is 30.2 Å². The third-order valence-electron chi connectivity index (χ3n) is 7.40. The first kappa shape index (κ1) is 33.5. The van der Waals surface area contributed by atoms with E-state index in [4.69, 9.17) is 9.84 Å². The summed E-state index contributed by atoms with van der Waals surface area (Å²) in [6.45, 7) is 9.61. The van der Waals surface area contributed by atoms with E-state index < -0.39 is 23.3 Å². The predicted octanol–water partition coefficient (Wildman–Crippen LogP) is 7.77. The topological polar surface area (TPSA) is 95.8 Å². The van der Waals surface area contributed by atoms with E-state index in [9.17, 15) is 23.1 Å². The number of carboxylic acid groups (broad SMARTS) is 1. The lowest BCUT2D eigenvalue weighted by atomic mass is 9.89. The molecule has 0 aliphatic carbocycles. The zero-order valence-electron chi connectivity index (χ0n) is 26.1. The van der Waals surface area contributed by atoms with Gasteiger partial charge in [0.2, 0.25) is 5.95 Å². The van der Waals surface area contributed by atoms with E-state index in [1.165, 1.54) is 12.4 Å². The Morgan fingerprint density at radius 1 is 0.867 bits per heavy atom. The predicted molar refractivity (Wildman–Crippen MR) is 167 cm³/mol. The molecule has 4 rings (SSSR count). The number of alkyl halides is 3. The number of aliphatic carboxylic acids is 1. The number of halogens is 3. The maximum atomic E-state index is 13.7. The van der Waals surface area contributed by atoms with Gasteiger partial charge in [-0.25, -0.2) is 9.97 Å². The van der Waals surface area contributed by atoms with Gasteiger partial charge in [-0.15, -0.1) is 0 Å². The largest absolute Gasteiger partial charge is 0.490 e. The van der Waals surface area contributed by atoms with Gasteiger partial charge in [0, 0.05) is 19.5 Å². The van der Waals surface area contributed by atoms with Gasteiger partial charge in [0.25, 0.3) is 0 Å². The van der Waals surface area contributed by atoms with Crippen LogP contribution in [0.1, 0.15) is 65.6 Å². The van der Waals surface area contributed by atoms with Crippen LogP contribution in [0.3, 0.4) is 0 Å². The number of carbonyl (C=O) groups is 1. The van der Waals surface area contributed by atoms with E-state index in [1.807, 2.05) is 55.1 Å². The Bertz CT molecular complexity index is 1650. The summed E-state index contributed by atoms with van der Waals surface area (Å²) in [6.07, 6.45) is -1.25. The van der Waals surface area contributed by atoms with Crippen LogP contribution in [0, 0.1) is 20.8 Å². The van der Waals surface area contributed by atoms with Gasteiger partial charge in [0.15, 0.2) is 5.75 Å². The van der Waals surface area contributed by atoms with E-state index in [-0.39, 0.29) is 32.1 Å². The van der Waals surface area contributed by atoms with Crippen molar-refractivity contribution in [2.75, 3.05) is 11.5 Å². The quantitative estimate of drug-likeness (QED) is 0.156. The number of ether oxygens (including phenoxy) is 1. The molecule has 0 bridgehead atoms. The molecule has 0 aliphatic heterocycles. The number of aryl methyl sites for hydroxylation is 3. The van der Waals surface area contributed by atoms with Crippen molar-refractivity contribution >= 4 is 11.9 Å². The maximum Gasteiger partial charge on any atom is 0.416 e. The van der Waals surface area contributed by atoms with Gasteiger partial charge in [-0.3, -0.25) is 4.79 Å². The Hall–Kier alpha value is -4.44. The third kappa shape index (κ3) is 9.04. The molecule has 2 N–H and O–H groups in total. The molecule has 0 unspecified atom stereocenters. The minimum absolute atomic E-state index is 0.0276. The number of rotatable bonds is 12. The minimum atomic E-state index is -4.49. The minimum Gasteiger partial charge on any atom is -0.490 e. The summed E-state index contributed by atoms with van der Waals surface area (Å²) < 4.78 is 46.7. The highest BCUT2D eigenvalue weighted by Crippen LogP contribution is 2.34. The van der Waals surface area contributed by atoms with Crippen molar-refractivity contribution in [3.05, 3.63) is 106 Å². The molecule has 10 heteroatoms. The second-order valence-corrected chi connectivity index (χ2v) is 11.9. The molecule has 1 heterocycles. The average molecular weight is 622 g/mol. The first-order valence-electron chi connectivity index (χ1n) is 14.6. The molecule has 1 aromatic heterocycles. The van der Waals surface area contributed by atoms with Gasteiger partial charge < -0.3 is 19.8 Å². The van der Waals surface area contributed by atoms with Crippen molar-refractivity contribution in [3.63, 3.8) is 0 Å². The second-order valence-electron chi connectivity index (χ2n) is 11.9. The third-order valence-corrected chi connectivity index (χ3v) is 7.40. The van der Waals surface area contributed by atoms with E-state index in [2.05, 4.69) is 9.97 Å². The highest BCUT2D eigenvalue weighted by molar-refractivity contribution is 5.72. The Labute approximate surface area is 261 Å². The van der Waals surface area contributed by atoms with Crippen LogP contribution in [0.25, 0.3) is 11.1 Å². The zero-order chi connectivity index (χ0) is 32.9. The maximum absolute atomic E-state index is 13.7. The van der Waals surface area contributed by atoms with Gasteiger partial charge in [-0.05, 0) is 92.6 Å². The molecule has 0 radical (unpaired) electrons. The van der Waals surface area contributed by atoms with Crippen molar-refractivity contribution < 1.29 is 32.9 Å². The van der Waals surface area contributed by atoms with Crippen LogP contribution in [-0.2, 0) is 29.7 Å². The van der Waals surface area contributed by atoms with E-state index in [1.54, 1.807) is 26.8 Å². The first-order valence-corrected chi connectivity index (χ1v) is 14.6. The normalized spacial score (nSPS) is 11.8. The number of hydrogen-bond donors (Lipinski definition) is 2. The lowest BCUT2D eigenvalue weighted by molar-refractivity contribution is -0.138. The highest BCUT2D eigenvalue weighted by Gasteiger charge is 2.31. The molecule has 4 aromatic rings. The number of aliphatic hydroxyl groups is 1. The van der Waals surface area contributed by atoms with Crippen LogP contribution in [0.4, 0.5) is 19.1 Å². The molecule has 7 nitrogen and oxygen atoms in total. The molecule has 0 saturated carbocycles. The Balaban J connectivity index is 1.74. The molecule has 238 valence electrons. The molecule has 0 atom stereocenters. The SMILES string of the molecule is Cc1cc(CN(Cc2cc(C)ccc2-c2cc(C(C)(C)O)ccc2C)c2ncc(OCCCC(=O)O)cn2)cc(C(F)(F)F)c1. The van der Waals surface area contributed by atoms with Crippen molar-refractivity contribution in [1.82, 2.24) is 9.97 Å². The molecule has 3 aromatic carbocycles. The fourth-order valence-electron chi connectivity index (χ4n) is 5.11. The molecule has 0 amide bonds. The van der Waals surface area contributed by atoms with Crippen LogP contribution in [-0.4, -0.2) is 32.8 Å². The van der Waals surface area contributed by atoms with E-state index >= 15 is 0 Å². The summed E-state index contributed by atoms with van der Waals surface area (Å²) in [5.41, 5.74) is 4.71. The van der Waals surface area contributed by atoms with E-state index in [0.29, 0.717) is 23.3 Å². The molecule has 45 heavy (non-hydrogen) atoms. The number of anilines is 1. The summed E-state index contributed by atoms with van der Waals surface area (Å²) >= 11 is 0.